The lowest BCUT2D eigenvalue weighted by atomic mass is 9.77. The van der Waals surface area contributed by atoms with Crippen molar-refractivity contribution in [1.82, 2.24) is 0 Å². The molecule has 0 saturated carbocycles. The van der Waals surface area contributed by atoms with E-state index in [0.717, 1.165) is 62.9 Å². The summed E-state index contributed by atoms with van der Waals surface area (Å²) in [7, 11) is 0. The fraction of sp³-hybridized carbons (Fsp3) is 0.864. The van der Waals surface area contributed by atoms with Gasteiger partial charge in [-0.25, -0.2) is 0 Å². The van der Waals surface area contributed by atoms with Crippen LogP contribution in [0.15, 0.2) is 12.2 Å². The van der Waals surface area contributed by atoms with Crippen LogP contribution in [0.5, 0.6) is 0 Å². The normalized spacial score (nSPS) is 27.0. The zero-order valence-electron chi connectivity index (χ0n) is 16.9. The molecule has 2 heterocycles. The lowest BCUT2D eigenvalue weighted by Gasteiger charge is -2.27. The second-order valence-electron chi connectivity index (χ2n) is 7.81. The number of unbranched alkanes of at least 4 members (excludes halogenated alkanes) is 4. The van der Waals surface area contributed by atoms with Crippen LogP contribution in [0.3, 0.4) is 0 Å². The van der Waals surface area contributed by atoms with Crippen LogP contribution in [0.2, 0.25) is 0 Å². The highest BCUT2D eigenvalue weighted by atomic mass is 32.2. The first-order valence-corrected chi connectivity index (χ1v) is 12.1. The lowest BCUT2D eigenvalue weighted by Crippen LogP contribution is -2.29. The smallest absolute Gasteiger partial charge is 0.303 e. The van der Waals surface area contributed by atoms with Crippen molar-refractivity contribution in [3.63, 3.8) is 0 Å². The van der Waals surface area contributed by atoms with E-state index in [1.165, 1.54) is 31.4 Å². The summed E-state index contributed by atoms with van der Waals surface area (Å²) >= 11 is 2.05. The molecular formula is C22H38O4S. The van der Waals surface area contributed by atoms with E-state index in [1.807, 2.05) is 18.7 Å². The Hall–Kier alpha value is -0.520. The number of aliphatic carboxylic acids is 1. The monoisotopic (exact) mass is 398 g/mol. The number of fused-ring (bicyclic) bond motifs is 2. The Kier molecular flexibility index (Phi) is 11.5. The molecule has 0 aromatic rings. The largest absolute Gasteiger partial charge is 0.481 e. The summed E-state index contributed by atoms with van der Waals surface area (Å²) in [4.78, 5) is 10.6. The third kappa shape index (κ3) is 8.57. The van der Waals surface area contributed by atoms with Crippen molar-refractivity contribution >= 4 is 17.7 Å². The van der Waals surface area contributed by atoms with E-state index in [0.29, 0.717) is 18.6 Å². The van der Waals surface area contributed by atoms with Crippen molar-refractivity contribution in [2.75, 3.05) is 24.7 Å². The molecule has 4 atom stereocenters. The standard InChI is InChI=1S/C22H38O4S/c1-2-25-15-9-5-6-10-16-27-17-19-18(20-13-14-21(19)26-20)11-7-3-4-8-12-22(23)24/h6,10,18-21H,2-5,7-9,11-17H2,1H3,(H,23,24)/t18-,19+,20-,21+/m1/s1. The quantitative estimate of drug-likeness (QED) is 0.282. The van der Waals surface area contributed by atoms with Gasteiger partial charge in [-0.15, -0.1) is 0 Å². The van der Waals surface area contributed by atoms with E-state index >= 15 is 0 Å². The minimum atomic E-state index is -0.670. The number of carboxylic acids is 1. The highest BCUT2D eigenvalue weighted by Crippen LogP contribution is 2.46. The molecule has 0 unspecified atom stereocenters. The first-order chi connectivity index (χ1) is 13.2. The molecule has 0 aromatic heterocycles. The molecule has 2 rings (SSSR count). The minimum Gasteiger partial charge on any atom is -0.481 e. The van der Waals surface area contributed by atoms with Gasteiger partial charge in [-0.2, -0.15) is 11.8 Å². The molecule has 27 heavy (non-hydrogen) atoms. The Morgan fingerprint density at radius 2 is 1.89 bits per heavy atom. The van der Waals surface area contributed by atoms with E-state index in [-0.39, 0.29) is 0 Å². The third-order valence-corrected chi connectivity index (χ3v) is 6.87. The van der Waals surface area contributed by atoms with Gasteiger partial charge in [0.1, 0.15) is 0 Å². The average Bonchev–Trinajstić information content (AvgIpc) is 3.25. The van der Waals surface area contributed by atoms with E-state index in [2.05, 4.69) is 12.2 Å². The summed E-state index contributed by atoms with van der Waals surface area (Å²) in [6.07, 6.45) is 16.1. The predicted molar refractivity (Wildman–Crippen MR) is 112 cm³/mol. The van der Waals surface area contributed by atoms with E-state index < -0.39 is 5.97 Å². The van der Waals surface area contributed by atoms with E-state index in [4.69, 9.17) is 14.6 Å². The highest BCUT2D eigenvalue weighted by Gasteiger charge is 2.47. The minimum absolute atomic E-state index is 0.315. The first-order valence-electron chi connectivity index (χ1n) is 10.9. The van der Waals surface area contributed by atoms with Crippen LogP contribution in [0.25, 0.3) is 0 Å². The summed E-state index contributed by atoms with van der Waals surface area (Å²) in [5.74, 6) is 3.10. The fourth-order valence-corrected chi connectivity index (χ4v) is 5.56. The van der Waals surface area contributed by atoms with Crippen LogP contribution in [0, 0.1) is 11.8 Å². The Labute approximate surface area is 169 Å². The first kappa shape index (κ1) is 22.8. The second-order valence-corrected chi connectivity index (χ2v) is 8.89. The van der Waals surface area contributed by atoms with Gasteiger partial charge >= 0.3 is 5.97 Å². The van der Waals surface area contributed by atoms with Crippen molar-refractivity contribution in [2.45, 2.75) is 83.3 Å². The topological polar surface area (TPSA) is 55.8 Å². The molecule has 0 radical (unpaired) electrons. The summed E-state index contributed by atoms with van der Waals surface area (Å²) in [5, 5.41) is 8.70. The number of thioether (sulfide) groups is 1. The maximum Gasteiger partial charge on any atom is 0.303 e. The zero-order valence-corrected chi connectivity index (χ0v) is 17.8. The molecule has 4 nitrogen and oxygen atoms in total. The van der Waals surface area contributed by atoms with E-state index in [9.17, 15) is 4.79 Å². The van der Waals surface area contributed by atoms with Crippen LogP contribution in [-0.2, 0) is 14.3 Å². The van der Waals surface area contributed by atoms with Gasteiger partial charge < -0.3 is 14.6 Å². The second kappa shape index (κ2) is 13.6. The van der Waals surface area contributed by atoms with Crippen LogP contribution in [-0.4, -0.2) is 48.0 Å². The van der Waals surface area contributed by atoms with Crippen molar-refractivity contribution in [3.05, 3.63) is 12.2 Å². The molecule has 156 valence electrons. The molecule has 2 aliphatic rings. The molecule has 2 bridgehead atoms. The fourth-order valence-electron chi connectivity index (χ4n) is 4.42. The molecule has 2 aliphatic heterocycles. The van der Waals surface area contributed by atoms with Crippen molar-refractivity contribution in [2.24, 2.45) is 11.8 Å². The zero-order chi connectivity index (χ0) is 19.3. The molecule has 0 aliphatic carbocycles. The molecular weight excluding hydrogens is 360 g/mol. The summed E-state index contributed by atoms with van der Waals surface area (Å²) in [6.45, 7) is 3.72. The number of hydrogen-bond acceptors (Lipinski definition) is 4. The van der Waals surface area contributed by atoms with Gasteiger partial charge in [-0.05, 0) is 63.0 Å². The SMILES string of the molecule is CCOCCCC=CCSC[C@H]1[C@@H](CCCCCCC(=O)O)[C@H]2CC[C@@H]1O2. The Balaban J connectivity index is 1.57. The van der Waals surface area contributed by atoms with Gasteiger partial charge in [0.05, 0.1) is 12.2 Å². The number of carboxylic acid groups (broad SMARTS) is 1. The molecule has 0 spiro atoms. The Bertz CT molecular complexity index is 440. The number of allylic oxidation sites excluding steroid dienone is 1. The molecule has 1 N–H and O–H groups in total. The van der Waals surface area contributed by atoms with Gasteiger partial charge in [-0.3, -0.25) is 4.79 Å². The Morgan fingerprint density at radius 3 is 2.67 bits per heavy atom. The highest BCUT2D eigenvalue weighted by molar-refractivity contribution is 7.99. The number of hydrogen-bond donors (Lipinski definition) is 1. The van der Waals surface area contributed by atoms with Crippen LogP contribution >= 0.6 is 11.8 Å². The molecule has 5 heteroatoms. The molecule has 0 aromatic carbocycles. The van der Waals surface area contributed by atoms with Gasteiger partial charge in [-0.1, -0.05) is 31.4 Å². The predicted octanol–water partition coefficient (Wildman–Crippen LogP) is 5.31. The van der Waals surface area contributed by atoms with Crippen molar-refractivity contribution < 1.29 is 19.4 Å². The van der Waals surface area contributed by atoms with Crippen molar-refractivity contribution in [3.8, 4) is 0 Å². The summed E-state index contributed by atoms with van der Waals surface area (Å²) < 4.78 is 11.6. The van der Waals surface area contributed by atoms with Crippen LogP contribution in [0.4, 0.5) is 0 Å². The lowest BCUT2D eigenvalue weighted by molar-refractivity contribution is -0.137. The maximum absolute atomic E-state index is 10.6. The molecule has 2 saturated heterocycles. The van der Waals surface area contributed by atoms with Crippen LogP contribution in [0.1, 0.15) is 71.1 Å². The van der Waals surface area contributed by atoms with Crippen molar-refractivity contribution in [1.29, 1.82) is 0 Å². The molecule has 0 amide bonds. The Morgan fingerprint density at radius 1 is 1.11 bits per heavy atom. The van der Waals surface area contributed by atoms with Gasteiger partial charge in [0.15, 0.2) is 0 Å². The van der Waals surface area contributed by atoms with Gasteiger partial charge in [0.2, 0.25) is 0 Å². The summed E-state index contributed by atoms with van der Waals surface area (Å²) in [5.41, 5.74) is 0. The third-order valence-electron chi connectivity index (χ3n) is 5.82. The van der Waals surface area contributed by atoms with Crippen LogP contribution < -0.4 is 0 Å². The number of ether oxygens (including phenoxy) is 2. The van der Waals surface area contributed by atoms with E-state index in [1.54, 1.807) is 0 Å². The number of carbonyl (C=O) groups is 1. The molecule has 2 fully saturated rings. The summed E-state index contributed by atoms with van der Waals surface area (Å²) in [6, 6.07) is 0. The van der Waals surface area contributed by atoms with Gasteiger partial charge in [0.25, 0.3) is 0 Å². The number of rotatable bonds is 16. The maximum atomic E-state index is 10.6. The average molecular weight is 399 g/mol. The van der Waals surface area contributed by atoms with Gasteiger partial charge in [0, 0.05) is 25.4 Å².